The van der Waals surface area contributed by atoms with Crippen LogP contribution in [0.25, 0.3) is 0 Å². The topological polar surface area (TPSA) is 98.2 Å². The van der Waals surface area contributed by atoms with Crippen LogP contribution in [-0.4, -0.2) is 26.3 Å². The van der Waals surface area contributed by atoms with Crippen molar-refractivity contribution in [3.8, 4) is 11.5 Å². The number of rotatable bonds is 4. The number of phenols is 2. The molecule has 0 saturated carbocycles. The largest absolute Gasteiger partial charge is 0.508 e. The Kier molecular flexibility index (Phi) is 3.70. The van der Waals surface area contributed by atoms with Gasteiger partial charge in [0.25, 0.3) is 5.91 Å². The molecule has 0 spiro atoms. The number of amides is 1. The third kappa shape index (κ3) is 3.25. The average molecular weight is 261 g/mol. The molecule has 1 aromatic carbocycles. The van der Waals surface area contributed by atoms with E-state index >= 15 is 0 Å². The highest BCUT2D eigenvalue weighted by atomic mass is 16.3. The molecule has 0 aliphatic rings. The first-order chi connectivity index (χ1) is 9.08. The van der Waals surface area contributed by atoms with Gasteiger partial charge >= 0.3 is 0 Å². The Morgan fingerprint density at radius 1 is 1.26 bits per heavy atom. The van der Waals surface area contributed by atoms with Crippen LogP contribution in [0.5, 0.6) is 11.5 Å². The number of carbonyl (C=O) groups is 1. The molecular weight excluding hydrogens is 246 g/mol. The molecule has 4 N–H and O–H groups in total. The molecule has 6 heteroatoms. The van der Waals surface area contributed by atoms with Gasteiger partial charge in [-0.15, -0.1) is 0 Å². The number of hydrogen-bond donors (Lipinski definition) is 4. The minimum Gasteiger partial charge on any atom is -0.508 e. The standard InChI is InChI=1S/C13H15N3O3/c1-2-3-9-6-12(16-15-9)14-13(19)8-4-10(17)7-11(18)5-8/h4-7,17-18H,2-3H2,1H3,(H2,14,15,16,19). The van der Waals surface area contributed by atoms with Crippen molar-refractivity contribution in [3.05, 3.63) is 35.5 Å². The highest BCUT2D eigenvalue weighted by molar-refractivity contribution is 6.04. The van der Waals surface area contributed by atoms with E-state index < -0.39 is 5.91 Å². The summed E-state index contributed by atoms with van der Waals surface area (Å²) in [5.74, 6) is -0.366. The van der Waals surface area contributed by atoms with Crippen LogP contribution in [0.3, 0.4) is 0 Å². The van der Waals surface area contributed by atoms with Crippen molar-refractivity contribution in [1.29, 1.82) is 0 Å². The molecule has 0 fully saturated rings. The molecule has 2 rings (SSSR count). The number of phenolic OH excluding ortho intramolecular Hbond substituents is 2. The fraction of sp³-hybridized carbons (Fsp3) is 0.231. The van der Waals surface area contributed by atoms with Crippen LogP contribution >= 0.6 is 0 Å². The van der Waals surface area contributed by atoms with E-state index in [2.05, 4.69) is 22.4 Å². The fourth-order valence-corrected chi connectivity index (χ4v) is 1.74. The second kappa shape index (κ2) is 5.43. The Morgan fingerprint density at radius 3 is 2.58 bits per heavy atom. The number of anilines is 1. The van der Waals surface area contributed by atoms with E-state index in [-0.39, 0.29) is 17.1 Å². The number of benzene rings is 1. The fourth-order valence-electron chi connectivity index (χ4n) is 1.74. The number of aromatic hydroxyl groups is 2. The summed E-state index contributed by atoms with van der Waals surface area (Å²) in [4.78, 5) is 11.9. The summed E-state index contributed by atoms with van der Waals surface area (Å²) in [5.41, 5.74) is 1.11. The first-order valence-corrected chi connectivity index (χ1v) is 5.97. The monoisotopic (exact) mass is 261 g/mol. The number of nitrogens with one attached hydrogen (secondary N) is 2. The molecule has 2 aromatic rings. The number of H-pyrrole nitrogens is 1. The minimum absolute atomic E-state index is 0.164. The van der Waals surface area contributed by atoms with Crippen LogP contribution in [0.1, 0.15) is 29.4 Å². The van der Waals surface area contributed by atoms with E-state index in [1.54, 1.807) is 6.07 Å². The van der Waals surface area contributed by atoms with Gasteiger partial charge in [0.05, 0.1) is 0 Å². The van der Waals surface area contributed by atoms with Gasteiger partial charge in [-0.3, -0.25) is 9.89 Å². The van der Waals surface area contributed by atoms with Crippen molar-refractivity contribution < 1.29 is 15.0 Å². The van der Waals surface area contributed by atoms with Gasteiger partial charge in [-0.1, -0.05) is 13.3 Å². The lowest BCUT2D eigenvalue weighted by Gasteiger charge is -2.03. The van der Waals surface area contributed by atoms with Crippen molar-refractivity contribution in [3.63, 3.8) is 0 Å². The van der Waals surface area contributed by atoms with Crippen LogP contribution in [0.4, 0.5) is 5.82 Å². The van der Waals surface area contributed by atoms with Gasteiger partial charge in [-0.05, 0) is 18.6 Å². The maximum Gasteiger partial charge on any atom is 0.257 e. The first-order valence-electron chi connectivity index (χ1n) is 5.97. The van der Waals surface area contributed by atoms with Crippen LogP contribution in [0.2, 0.25) is 0 Å². The molecule has 6 nitrogen and oxygen atoms in total. The lowest BCUT2D eigenvalue weighted by molar-refractivity contribution is 0.102. The van der Waals surface area contributed by atoms with E-state index in [4.69, 9.17) is 0 Å². The quantitative estimate of drug-likeness (QED) is 0.676. The third-order valence-electron chi connectivity index (χ3n) is 2.56. The number of hydrogen-bond acceptors (Lipinski definition) is 4. The molecule has 0 radical (unpaired) electrons. The maximum absolute atomic E-state index is 11.9. The van der Waals surface area contributed by atoms with Gasteiger partial charge in [0, 0.05) is 23.4 Å². The molecule has 0 bridgehead atoms. The molecule has 0 aliphatic heterocycles. The van der Waals surface area contributed by atoms with Gasteiger partial charge in [-0.25, -0.2) is 0 Å². The summed E-state index contributed by atoms with van der Waals surface area (Å²) in [6.45, 7) is 2.05. The summed E-state index contributed by atoms with van der Waals surface area (Å²) < 4.78 is 0. The zero-order chi connectivity index (χ0) is 13.8. The molecule has 100 valence electrons. The predicted molar refractivity (Wildman–Crippen MR) is 70.3 cm³/mol. The van der Waals surface area contributed by atoms with Crippen LogP contribution in [0, 0.1) is 0 Å². The third-order valence-corrected chi connectivity index (χ3v) is 2.56. The van der Waals surface area contributed by atoms with Crippen molar-refractivity contribution in [2.24, 2.45) is 0 Å². The Bertz CT molecular complexity index is 572. The summed E-state index contributed by atoms with van der Waals surface area (Å²) >= 11 is 0. The number of aryl methyl sites for hydroxylation is 1. The SMILES string of the molecule is CCCc1cc(NC(=O)c2cc(O)cc(O)c2)n[nH]1. The maximum atomic E-state index is 11.9. The molecule has 0 unspecified atom stereocenters. The summed E-state index contributed by atoms with van der Waals surface area (Å²) in [7, 11) is 0. The molecule has 0 aliphatic carbocycles. The van der Waals surface area contributed by atoms with Crippen LogP contribution in [0.15, 0.2) is 24.3 Å². The van der Waals surface area contributed by atoms with Gasteiger partial charge in [0.1, 0.15) is 11.5 Å². The minimum atomic E-state index is -0.444. The first kappa shape index (κ1) is 12.9. The lowest BCUT2D eigenvalue weighted by Crippen LogP contribution is -2.11. The van der Waals surface area contributed by atoms with Gasteiger partial charge < -0.3 is 15.5 Å². The highest BCUT2D eigenvalue weighted by Crippen LogP contribution is 2.21. The van der Waals surface area contributed by atoms with Gasteiger partial charge in [0.2, 0.25) is 0 Å². The lowest BCUT2D eigenvalue weighted by atomic mass is 10.2. The van der Waals surface area contributed by atoms with E-state index in [0.717, 1.165) is 24.6 Å². The molecular formula is C13H15N3O3. The zero-order valence-corrected chi connectivity index (χ0v) is 10.5. The molecule has 1 aromatic heterocycles. The molecule has 19 heavy (non-hydrogen) atoms. The molecule has 1 amide bonds. The van der Waals surface area contributed by atoms with Crippen molar-refractivity contribution in [1.82, 2.24) is 10.2 Å². The Labute approximate surface area is 110 Å². The van der Waals surface area contributed by atoms with Crippen molar-refractivity contribution in [2.45, 2.75) is 19.8 Å². The normalized spacial score (nSPS) is 10.4. The molecule has 1 heterocycles. The second-order valence-corrected chi connectivity index (χ2v) is 4.22. The Hall–Kier alpha value is -2.50. The number of nitrogens with zero attached hydrogens (tertiary/aromatic N) is 1. The smallest absolute Gasteiger partial charge is 0.257 e. The van der Waals surface area contributed by atoms with Crippen LogP contribution < -0.4 is 5.32 Å². The Morgan fingerprint density at radius 2 is 1.95 bits per heavy atom. The van der Waals surface area contributed by atoms with Gasteiger partial charge in [0.15, 0.2) is 5.82 Å². The van der Waals surface area contributed by atoms with E-state index in [9.17, 15) is 15.0 Å². The number of aromatic amines is 1. The summed E-state index contributed by atoms with van der Waals surface area (Å²) in [6, 6.07) is 5.46. The van der Waals surface area contributed by atoms with E-state index in [1.807, 2.05) is 0 Å². The Balaban J connectivity index is 2.11. The van der Waals surface area contributed by atoms with Crippen molar-refractivity contribution >= 4 is 11.7 Å². The molecule has 0 saturated heterocycles. The van der Waals surface area contributed by atoms with E-state index in [0.29, 0.717) is 5.82 Å². The number of aromatic nitrogens is 2. The highest BCUT2D eigenvalue weighted by Gasteiger charge is 2.10. The predicted octanol–water partition coefficient (Wildman–Crippen LogP) is 2.03. The summed E-state index contributed by atoms with van der Waals surface area (Å²) in [6.07, 6.45) is 1.84. The van der Waals surface area contributed by atoms with E-state index in [1.165, 1.54) is 12.1 Å². The average Bonchev–Trinajstić information content (AvgIpc) is 2.76. The second-order valence-electron chi connectivity index (χ2n) is 4.22. The number of carbonyl (C=O) groups excluding carboxylic acids is 1. The molecule has 0 atom stereocenters. The summed E-state index contributed by atoms with van der Waals surface area (Å²) in [5, 5.41) is 28.0. The van der Waals surface area contributed by atoms with Crippen LogP contribution in [-0.2, 0) is 6.42 Å². The van der Waals surface area contributed by atoms with Crippen molar-refractivity contribution in [2.75, 3.05) is 5.32 Å². The van der Waals surface area contributed by atoms with Gasteiger partial charge in [-0.2, -0.15) is 5.10 Å². The zero-order valence-electron chi connectivity index (χ0n) is 10.5.